The molecule has 0 fully saturated rings. The van der Waals surface area contributed by atoms with E-state index in [1.54, 1.807) is 0 Å². The van der Waals surface area contributed by atoms with Crippen LogP contribution in [0.4, 0.5) is 22.7 Å². The Hall–Kier alpha value is -3.74. The Bertz CT molecular complexity index is 1010. The average molecular weight is 483 g/mol. The first kappa shape index (κ1) is 23.4. The Labute approximate surface area is 211 Å². The molecular formula is C28H26N4S2. The zero-order valence-electron chi connectivity index (χ0n) is 18.7. The maximum atomic E-state index is 5.62. The molecule has 0 aliphatic heterocycles. The molecule has 0 saturated heterocycles. The van der Waals surface area contributed by atoms with E-state index in [9.17, 15) is 0 Å². The molecule has 0 radical (unpaired) electrons. The van der Waals surface area contributed by atoms with Crippen molar-refractivity contribution in [3.63, 3.8) is 0 Å². The minimum absolute atomic E-state index is 0.496. The number of hydrogen-bond acceptors (Lipinski definition) is 4. The van der Waals surface area contributed by atoms with Gasteiger partial charge in [-0.05, 0) is 48.5 Å². The number of anilines is 4. The number of nitrogens with one attached hydrogen (secondary N) is 2. The van der Waals surface area contributed by atoms with E-state index < -0.39 is 0 Å². The zero-order valence-corrected chi connectivity index (χ0v) is 20.3. The summed E-state index contributed by atoms with van der Waals surface area (Å²) in [6.45, 7) is 0.992. The second kappa shape index (κ2) is 11.9. The average Bonchev–Trinajstić information content (AvgIpc) is 2.91. The van der Waals surface area contributed by atoms with Gasteiger partial charge in [0.2, 0.25) is 0 Å². The van der Waals surface area contributed by atoms with Crippen molar-refractivity contribution < 1.29 is 0 Å². The molecule has 0 amide bonds. The lowest BCUT2D eigenvalue weighted by molar-refractivity contribution is 0.873. The van der Waals surface area contributed by atoms with Crippen LogP contribution in [0.15, 0.2) is 121 Å². The second-order valence-electron chi connectivity index (χ2n) is 7.53. The molecule has 0 bridgehead atoms. The summed E-state index contributed by atoms with van der Waals surface area (Å²) >= 11 is 11.2. The summed E-state index contributed by atoms with van der Waals surface area (Å²) < 4.78 is 0. The fourth-order valence-corrected chi connectivity index (χ4v) is 3.83. The number of rotatable bonds is 8. The van der Waals surface area contributed by atoms with Crippen molar-refractivity contribution in [2.75, 3.05) is 23.1 Å². The molecule has 0 saturated carbocycles. The number of benzene rings is 4. The molecule has 0 unspecified atom stereocenters. The second-order valence-corrected chi connectivity index (χ2v) is 8.34. The third kappa shape index (κ3) is 6.19. The summed E-state index contributed by atoms with van der Waals surface area (Å²) in [7, 11) is 0. The molecule has 0 spiro atoms. The molecule has 2 N–H and O–H groups in total. The standard InChI is InChI=1S/C28H26N4S2/c33-27(29-21-31(23-13-5-1-6-14-23)24-15-7-2-8-16-24)28(34)30-22-32(25-17-9-3-10-18-25)26-19-11-4-12-20-26/h1-20H,21-22H2,(H,29,33)(H,30,34). The molecule has 34 heavy (non-hydrogen) atoms. The Kier molecular flexibility index (Phi) is 8.22. The molecule has 0 atom stereocenters. The normalized spacial score (nSPS) is 10.2. The quantitative estimate of drug-likeness (QED) is 0.223. The molecular weight excluding hydrogens is 456 g/mol. The summed E-state index contributed by atoms with van der Waals surface area (Å²) in [4.78, 5) is 5.34. The third-order valence-corrected chi connectivity index (χ3v) is 6.10. The van der Waals surface area contributed by atoms with Crippen molar-refractivity contribution in [1.82, 2.24) is 10.6 Å². The van der Waals surface area contributed by atoms with Crippen LogP contribution in [0.5, 0.6) is 0 Å². The van der Waals surface area contributed by atoms with Gasteiger partial charge in [0.1, 0.15) is 9.98 Å². The van der Waals surface area contributed by atoms with Crippen LogP contribution < -0.4 is 20.4 Å². The molecule has 0 heterocycles. The maximum absolute atomic E-state index is 5.62. The summed E-state index contributed by atoms with van der Waals surface area (Å²) in [5.41, 5.74) is 4.29. The molecule has 0 aliphatic carbocycles. The summed E-state index contributed by atoms with van der Waals surface area (Å²) in [5, 5.41) is 6.64. The van der Waals surface area contributed by atoms with Gasteiger partial charge in [-0.2, -0.15) is 0 Å². The van der Waals surface area contributed by atoms with Crippen molar-refractivity contribution in [2.45, 2.75) is 0 Å². The predicted molar refractivity (Wildman–Crippen MR) is 151 cm³/mol. The fraction of sp³-hybridized carbons (Fsp3) is 0.0714. The maximum Gasteiger partial charge on any atom is 0.135 e. The first-order chi connectivity index (χ1) is 16.7. The summed E-state index contributed by atoms with van der Waals surface area (Å²) in [6, 6.07) is 40.8. The van der Waals surface area contributed by atoms with Gasteiger partial charge in [-0.1, -0.05) is 97.2 Å². The van der Waals surface area contributed by atoms with E-state index in [1.807, 2.05) is 72.8 Å². The van der Waals surface area contributed by atoms with E-state index >= 15 is 0 Å². The van der Waals surface area contributed by atoms with Gasteiger partial charge < -0.3 is 20.4 Å². The highest BCUT2D eigenvalue weighted by molar-refractivity contribution is 7.89. The van der Waals surface area contributed by atoms with E-state index in [4.69, 9.17) is 24.4 Å². The lowest BCUT2D eigenvalue weighted by Gasteiger charge is -2.28. The highest BCUT2D eigenvalue weighted by Gasteiger charge is 2.13. The van der Waals surface area contributed by atoms with Gasteiger partial charge >= 0.3 is 0 Å². The van der Waals surface area contributed by atoms with Crippen LogP contribution in [0.25, 0.3) is 0 Å². The highest BCUT2D eigenvalue weighted by atomic mass is 32.1. The number of thiocarbonyl (C=S) groups is 2. The molecule has 4 nitrogen and oxygen atoms in total. The summed E-state index contributed by atoms with van der Waals surface area (Å²) in [5.74, 6) is 0. The monoisotopic (exact) mass is 482 g/mol. The van der Waals surface area contributed by atoms with Gasteiger partial charge in [0.15, 0.2) is 0 Å². The molecule has 6 heteroatoms. The molecule has 4 aromatic rings. The topological polar surface area (TPSA) is 30.5 Å². The zero-order chi connectivity index (χ0) is 23.6. The first-order valence-corrected chi connectivity index (χ1v) is 11.9. The van der Waals surface area contributed by atoms with E-state index in [-0.39, 0.29) is 0 Å². The fourth-order valence-electron chi connectivity index (χ4n) is 3.56. The smallest absolute Gasteiger partial charge is 0.135 e. The van der Waals surface area contributed by atoms with Crippen molar-refractivity contribution in [3.8, 4) is 0 Å². The third-order valence-electron chi connectivity index (χ3n) is 5.27. The summed E-state index contributed by atoms with van der Waals surface area (Å²) in [6.07, 6.45) is 0. The van der Waals surface area contributed by atoms with E-state index in [1.165, 1.54) is 0 Å². The molecule has 0 aliphatic rings. The van der Waals surface area contributed by atoms with Crippen LogP contribution in [-0.4, -0.2) is 23.3 Å². The van der Waals surface area contributed by atoms with E-state index in [0.29, 0.717) is 23.3 Å². The van der Waals surface area contributed by atoms with Crippen molar-refractivity contribution in [2.24, 2.45) is 0 Å². The van der Waals surface area contributed by atoms with Crippen LogP contribution in [0, 0.1) is 0 Å². The molecule has 0 aromatic heterocycles. The van der Waals surface area contributed by atoms with E-state index in [2.05, 4.69) is 69.0 Å². The lowest BCUT2D eigenvalue weighted by Crippen LogP contribution is -2.44. The van der Waals surface area contributed by atoms with Gasteiger partial charge in [-0.3, -0.25) is 0 Å². The van der Waals surface area contributed by atoms with Gasteiger partial charge in [0.05, 0.1) is 13.3 Å². The molecule has 4 rings (SSSR count). The predicted octanol–water partition coefficient (Wildman–Crippen LogP) is 6.41. The largest absolute Gasteiger partial charge is 0.356 e. The SMILES string of the molecule is S=C(NCN(c1ccccc1)c1ccccc1)C(=S)NCN(c1ccccc1)c1ccccc1. The van der Waals surface area contributed by atoms with Gasteiger partial charge in [0.25, 0.3) is 0 Å². The Balaban J connectivity index is 1.41. The van der Waals surface area contributed by atoms with Gasteiger partial charge in [-0.15, -0.1) is 0 Å². The Morgan fingerprint density at radius 2 is 0.676 bits per heavy atom. The van der Waals surface area contributed by atoms with Gasteiger partial charge in [-0.25, -0.2) is 0 Å². The highest BCUT2D eigenvalue weighted by Crippen LogP contribution is 2.25. The van der Waals surface area contributed by atoms with Gasteiger partial charge in [0, 0.05) is 22.7 Å². The number of hydrogen-bond donors (Lipinski definition) is 2. The first-order valence-electron chi connectivity index (χ1n) is 11.0. The molecule has 170 valence electrons. The van der Waals surface area contributed by atoms with E-state index in [0.717, 1.165) is 22.7 Å². The van der Waals surface area contributed by atoms with Crippen LogP contribution in [0.3, 0.4) is 0 Å². The van der Waals surface area contributed by atoms with Crippen molar-refractivity contribution in [1.29, 1.82) is 0 Å². The minimum atomic E-state index is 0.496. The van der Waals surface area contributed by atoms with Crippen LogP contribution >= 0.6 is 24.4 Å². The number of para-hydroxylation sites is 4. The Morgan fingerprint density at radius 3 is 0.912 bits per heavy atom. The lowest BCUT2D eigenvalue weighted by atomic mass is 10.2. The van der Waals surface area contributed by atoms with Crippen molar-refractivity contribution >= 4 is 57.2 Å². The molecule has 4 aromatic carbocycles. The number of nitrogens with zero attached hydrogens (tertiary/aromatic N) is 2. The van der Waals surface area contributed by atoms with Crippen LogP contribution in [-0.2, 0) is 0 Å². The van der Waals surface area contributed by atoms with Crippen molar-refractivity contribution in [3.05, 3.63) is 121 Å². The minimum Gasteiger partial charge on any atom is -0.356 e. The Morgan fingerprint density at radius 1 is 0.441 bits per heavy atom. The van der Waals surface area contributed by atoms with Crippen LogP contribution in [0.1, 0.15) is 0 Å². The van der Waals surface area contributed by atoms with Crippen LogP contribution in [0.2, 0.25) is 0 Å².